The summed E-state index contributed by atoms with van der Waals surface area (Å²) in [6.45, 7) is 11.8. The molecule has 3 aliphatic rings. The topological polar surface area (TPSA) is 52.6 Å². The molecule has 0 aromatic rings. The van der Waals surface area contributed by atoms with Gasteiger partial charge >= 0.3 is 11.9 Å². The van der Waals surface area contributed by atoms with E-state index >= 15 is 0 Å². The van der Waals surface area contributed by atoms with E-state index in [1.807, 2.05) is 13.8 Å². The molecule has 0 heterocycles. The Morgan fingerprint density at radius 3 is 2.25 bits per heavy atom. The van der Waals surface area contributed by atoms with Crippen molar-refractivity contribution in [1.29, 1.82) is 0 Å². The molecule has 3 fully saturated rings. The van der Waals surface area contributed by atoms with Gasteiger partial charge in [0.25, 0.3) is 0 Å². The Hall–Kier alpha value is -1.58. The minimum absolute atomic E-state index is 0.206. The summed E-state index contributed by atoms with van der Waals surface area (Å²) < 4.78 is 11.1. The van der Waals surface area contributed by atoms with E-state index in [0.717, 1.165) is 49.7 Å². The van der Waals surface area contributed by atoms with Crippen LogP contribution >= 0.6 is 0 Å². The lowest BCUT2D eigenvalue weighted by Crippen LogP contribution is -2.52. The monoisotopic (exact) mass is 332 g/mol. The molecule has 3 rings (SSSR count). The molecule has 3 saturated carbocycles. The molecule has 2 bridgehead atoms. The average Bonchev–Trinajstić information content (AvgIpc) is 3.20. The van der Waals surface area contributed by atoms with Gasteiger partial charge in [-0.25, -0.2) is 0 Å². The maximum absolute atomic E-state index is 13.1. The first kappa shape index (κ1) is 17.2. The van der Waals surface area contributed by atoms with Crippen LogP contribution in [-0.4, -0.2) is 25.2 Å². The summed E-state index contributed by atoms with van der Waals surface area (Å²) in [6, 6.07) is 0. The molecule has 0 amide bonds. The van der Waals surface area contributed by atoms with Crippen LogP contribution in [0.25, 0.3) is 0 Å². The number of carbonyl (C=O) groups is 2. The summed E-state index contributed by atoms with van der Waals surface area (Å²) in [5.74, 6) is 0.288. The van der Waals surface area contributed by atoms with E-state index < -0.39 is 10.8 Å². The third kappa shape index (κ3) is 2.34. The molecular formula is C20H28O4. The maximum atomic E-state index is 13.1. The zero-order valence-corrected chi connectivity index (χ0v) is 14.9. The summed E-state index contributed by atoms with van der Waals surface area (Å²) >= 11 is 0. The molecule has 0 spiro atoms. The highest BCUT2D eigenvalue weighted by molar-refractivity contribution is 5.91. The summed E-state index contributed by atoms with van der Waals surface area (Å²) in [6.07, 6.45) is 5.27. The van der Waals surface area contributed by atoms with Crippen LogP contribution in [0.4, 0.5) is 0 Å². The van der Waals surface area contributed by atoms with E-state index in [1.165, 1.54) is 0 Å². The van der Waals surface area contributed by atoms with Crippen molar-refractivity contribution in [3.05, 3.63) is 24.3 Å². The first-order valence-electron chi connectivity index (χ1n) is 8.97. The molecule has 4 atom stereocenters. The summed E-state index contributed by atoms with van der Waals surface area (Å²) in [5.41, 5.74) is 0.253. The summed E-state index contributed by atoms with van der Waals surface area (Å²) in [4.78, 5) is 26.1. The molecule has 0 radical (unpaired) electrons. The van der Waals surface area contributed by atoms with Crippen LogP contribution in [0.1, 0.15) is 52.4 Å². The highest BCUT2D eigenvalue weighted by Crippen LogP contribution is 2.73. The third-order valence-electron chi connectivity index (χ3n) is 6.35. The SMILES string of the molecule is C=C(C)COC(=O)C12CCC(C1)C1CCCC12C(=O)OCC(=C)C. The van der Waals surface area contributed by atoms with Gasteiger partial charge in [0.05, 0.1) is 10.8 Å². The third-order valence-corrected chi connectivity index (χ3v) is 6.35. The lowest BCUT2D eigenvalue weighted by Gasteiger charge is -2.43. The molecular weight excluding hydrogens is 304 g/mol. The van der Waals surface area contributed by atoms with Gasteiger partial charge in [0, 0.05) is 0 Å². The van der Waals surface area contributed by atoms with Crippen LogP contribution in [0.3, 0.4) is 0 Å². The van der Waals surface area contributed by atoms with Crippen LogP contribution < -0.4 is 0 Å². The molecule has 4 unspecified atom stereocenters. The molecule has 0 aromatic carbocycles. The van der Waals surface area contributed by atoms with E-state index in [4.69, 9.17) is 9.47 Å². The first-order valence-corrected chi connectivity index (χ1v) is 8.97. The Kier molecular flexibility index (Phi) is 4.35. The van der Waals surface area contributed by atoms with Gasteiger partial charge in [0.15, 0.2) is 0 Å². The predicted molar refractivity (Wildman–Crippen MR) is 91.1 cm³/mol. The Bertz CT molecular complexity index is 592. The van der Waals surface area contributed by atoms with Gasteiger partial charge in [-0.1, -0.05) is 19.6 Å². The second kappa shape index (κ2) is 6.05. The van der Waals surface area contributed by atoms with Crippen molar-refractivity contribution in [2.45, 2.75) is 52.4 Å². The largest absolute Gasteiger partial charge is 0.461 e. The van der Waals surface area contributed by atoms with Gasteiger partial charge in [0.1, 0.15) is 13.2 Å². The van der Waals surface area contributed by atoms with Crippen molar-refractivity contribution >= 4 is 11.9 Å². The molecule has 0 saturated heterocycles. The van der Waals surface area contributed by atoms with Crippen molar-refractivity contribution in [3.8, 4) is 0 Å². The van der Waals surface area contributed by atoms with Crippen LogP contribution in [0.5, 0.6) is 0 Å². The van der Waals surface area contributed by atoms with Crippen LogP contribution in [0.2, 0.25) is 0 Å². The smallest absolute Gasteiger partial charge is 0.313 e. The van der Waals surface area contributed by atoms with E-state index in [2.05, 4.69) is 13.2 Å². The van der Waals surface area contributed by atoms with Crippen molar-refractivity contribution < 1.29 is 19.1 Å². The number of rotatable bonds is 6. The minimum Gasteiger partial charge on any atom is -0.461 e. The highest BCUT2D eigenvalue weighted by atomic mass is 16.5. The second-order valence-electron chi connectivity index (χ2n) is 8.12. The van der Waals surface area contributed by atoms with Gasteiger partial charge in [-0.2, -0.15) is 0 Å². The number of carbonyl (C=O) groups excluding carboxylic acids is 2. The average molecular weight is 332 g/mol. The Morgan fingerprint density at radius 1 is 1.00 bits per heavy atom. The number of hydrogen-bond acceptors (Lipinski definition) is 4. The number of ether oxygens (including phenoxy) is 2. The number of hydrogen-bond donors (Lipinski definition) is 0. The first-order chi connectivity index (χ1) is 11.3. The fourth-order valence-electron chi connectivity index (χ4n) is 5.56. The van der Waals surface area contributed by atoms with Gasteiger partial charge in [-0.05, 0) is 68.9 Å². The van der Waals surface area contributed by atoms with E-state index in [9.17, 15) is 9.59 Å². The van der Waals surface area contributed by atoms with Crippen LogP contribution in [0.15, 0.2) is 24.3 Å². The normalized spacial score (nSPS) is 36.2. The zero-order chi connectivity index (χ0) is 17.5. The zero-order valence-electron chi connectivity index (χ0n) is 14.9. The molecule has 132 valence electrons. The van der Waals surface area contributed by atoms with Crippen molar-refractivity contribution in [2.24, 2.45) is 22.7 Å². The van der Waals surface area contributed by atoms with E-state index in [1.54, 1.807) is 0 Å². The fourth-order valence-corrected chi connectivity index (χ4v) is 5.56. The standard InChI is InChI=1S/C20H28O4/c1-13(2)11-23-17(21)19-9-7-15(10-19)16-6-5-8-20(16,19)18(22)24-12-14(3)4/h15-16H,1,3,5-12H2,2,4H3. The van der Waals surface area contributed by atoms with Crippen molar-refractivity contribution in [1.82, 2.24) is 0 Å². The van der Waals surface area contributed by atoms with E-state index in [0.29, 0.717) is 5.92 Å². The van der Waals surface area contributed by atoms with Gasteiger partial charge in [0.2, 0.25) is 0 Å². The second-order valence-corrected chi connectivity index (χ2v) is 8.12. The van der Waals surface area contributed by atoms with Crippen LogP contribution in [0, 0.1) is 22.7 Å². The van der Waals surface area contributed by atoms with Crippen molar-refractivity contribution in [2.75, 3.05) is 13.2 Å². The van der Waals surface area contributed by atoms with Crippen LogP contribution in [-0.2, 0) is 19.1 Å². The molecule has 0 N–H and O–H groups in total. The van der Waals surface area contributed by atoms with Gasteiger partial charge in [-0.15, -0.1) is 0 Å². The number of esters is 2. The molecule has 3 aliphatic carbocycles. The Labute approximate surface area is 144 Å². The summed E-state index contributed by atoms with van der Waals surface area (Å²) in [7, 11) is 0. The maximum Gasteiger partial charge on any atom is 0.313 e. The highest BCUT2D eigenvalue weighted by Gasteiger charge is 2.75. The lowest BCUT2D eigenvalue weighted by molar-refractivity contribution is -0.181. The van der Waals surface area contributed by atoms with Gasteiger partial charge < -0.3 is 9.47 Å². The molecule has 0 aromatic heterocycles. The fraction of sp³-hybridized carbons (Fsp3) is 0.700. The Balaban J connectivity index is 1.91. The summed E-state index contributed by atoms with van der Waals surface area (Å²) in [5, 5.41) is 0. The van der Waals surface area contributed by atoms with Gasteiger partial charge in [-0.3, -0.25) is 9.59 Å². The molecule has 4 heteroatoms. The molecule has 24 heavy (non-hydrogen) atoms. The molecule has 4 nitrogen and oxygen atoms in total. The lowest BCUT2D eigenvalue weighted by atomic mass is 9.59. The van der Waals surface area contributed by atoms with Crippen molar-refractivity contribution in [3.63, 3.8) is 0 Å². The quantitative estimate of drug-likeness (QED) is 0.548. The predicted octanol–water partition coefficient (Wildman–Crippen LogP) is 3.81. The van der Waals surface area contributed by atoms with E-state index in [-0.39, 0.29) is 31.1 Å². The minimum atomic E-state index is -0.694. The Morgan fingerprint density at radius 2 is 1.62 bits per heavy atom. The molecule has 0 aliphatic heterocycles. The number of fused-ring (bicyclic) bond motifs is 5.